The molecule has 0 amide bonds. The Morgan fingerprint density at radius 3 is 2.38 bits per heavy atom. The Bertz CT molecular complexity index is 572. The summed E-state index contributed by atoms with van der Waals surface area (Å²) in [5, 5.41) is 0. The van der Waals surface area contributed by atoms with Crippen molar-refractivity contribution >= 4 is 22.6 Å². The van der Waals surface area contributed by atoms with Gasteiger partial charge in [-0.3, -0.25) is 0 Å². The molecule has 6 heteroatoms. The van der Waals surface area contributed by atoms with Gasteiger partial charge in [0.05, 0.1) is 0 Å². The molecule has 0 aliphatic carbocycles. The minimum atomic E-state index is -0.292. The van der Waals surface area contributed by atoms with Crippen LogP contribution in [-0.4, -0.2) is 33.5 Å². The molecular formula is C15H15AlO5. The predicted octanol–water partition coefficient (Wildman–Crippen LogP) is 2.60. The first-order chi connectivity index (χ1) is 9.19. The first kappa shape index (κ1) is 19.2. The van der Waals surface area contributed by atoms with Gasteiger partial charge < -0.3 is 11.0 Å². The number of hydrogen-bond acceptors (Lipinski definition) is 5. The zero-order chi connectivity index (χ0) is 13.7. The number of carbonyl (C=O) groups is 1. The largest absolute Gasteiger partial charge is 0.870 e. The number of hydrogen-bond donors (Lipinski definition) is 0. The van der Waals surface area contributed by atoms with E-state index in [-0.39, 0.29) is 23.3 Å². The zero-order valence-electron chi connectivity index (χ0n) is 11.5. The van der Waals surface area contributed by atoms with E-state index in [1.807, 2.05) is 72.1 Å². The van der Waals surface area contributed by atoms with Gasteiger partial charge in [-0.25, -0.2) is 0 Å². The molecule has 0 aliphatic rings. The standard InChI is InChI=1S/C15H14O3.Al.2H2O/c1-11-7-8-12(10-15(16)17)9-14(11)18-13-5-3-2-4-6-13;;;/h2-9H,10H2,1H3,(H,16,17);;2*1H2/q;+3;;/p-3. The van der Waals surface area contributed by atoms with Gasteiger partial charge in [0, 0.05) is 0 Å². The summed E-state index contributed by atoms with van der Waals surface area (Å²) in [6, 6.07) is 15.2. The second-order valence-corrected chi connectivity index (χ2v) is 4.42. The van der Waals surface area contributed by atoms with E-state index < -0.39 is 0 Å². The molecule has 0 saturated carbocycles. The molecule has 0 spiro atoms. The summed E-state index contributed by atoms with van der Waals surface area (Å²) < 4.78 is 10.4. The molecule has 21 heavy (non-hydrogen) atoms. The Morgan fingerprint density at radius 2 is 1.76 bits per heavy atom. The number of ether oxygens (including phenoxy) is 1. The van der Waals surface area contributed by atoms with Gasteiger partial charge in [0.2, 0.25) is 0 Å². The van der Waals surface area contributed by atoms with Gasteiger partial charge >= 0.3 is 120 Å². The molecule has 2 aromatic carbocycles. The van der Waals surface area contributed by atoms with Crippen molar-refractivity contribution in [1.29, 1.82) is 0 Å². The summed E-state index contributed by atoms with van der Waals surface area (Å²) in [5.74, 6) is 1.23. The molecule has 2 N–H and O–H groups in total. The van der Waals surface area contributed by atoms with E-state index in [0.29, 0.717) is 0 Å². The van der Waals surface area contributed by atoms with E-state index in [9.17, 15) is 4.79 Å². The van der Waals surface area contributed by atoms with Crippen LogP contribution in [0.2, 0.25) is 0 Å². The van der Waals surface area contributed by atoms with Crippen LogP contribution in [0.1, 0.15) is 11.1 Å². The van der Waals surface area contributed by atoms with Crippen molar-refractivity contribution in [3.05, 3.63) is 59.7 Å². The van der Waals surface area contributed by atoms with Gasteiger partial charge in [0.1, 0.15) is 0 Å². The van der Waals surface area contributed by atoms with Crippen molar-refractivity contribution in [3.63, 3.8) is 0 Å². The van der Waals surface area contributed by atoms with Gasteiger partial charge in [0.15, 0.2) is 0 Å². The van der Waals surface area contributed by atoms with Crippen molar-refractivity contribution in [2.45, 2.75) is 13.3 Å². The Kier molecular flexibility index (Phi) is 8.36. The van der Waals surface area contributed by atoms with E-state index >= 15 is 0 Å². The van der Waals surface area contributed by atoms with Crippen molar-refractivity contribution in [3.8, 4) is 11.5 Å². The van der Waals surface area contributed by atoms with Gasteiger partial charge in [-0.05, 0) is 0 Å². The van der Waals surface area contributed by atoms with Crippen LogP contribution >= 0.6 is 0 Å². The van der Waals surface area contributed by atoms with E-state index in [1.54, 1.807) is 0 Å². The second kappa shape index (κ2) is 9.16. The zero-order valence-corrected chi connectivity index (χ0v) is 12.7. The summed E-state index contributed by atoms with van der Waals surface area (Å²) in [6.07, 6.45) is 0.231. The smallest absolute Gasteiger partial charge is 0.870 e. The first-order valence-electron chi connectivity index (χ1n) is 5.91. The average molecular weight is 302 g/mol. The van der Waals surface area contributed by atoms with Gasteiger partial charge in [-0.15, -0.1) is 0 Å². The predicted molar refractivity (Wildman–Crippen MR) is 77.1 cm³/mol. The maximum absolute atomic E-state index is 11.3. The molecule has 0 bridgehead atoms. The average Bonchev–Trinajstić information content (AvgIpc) is 2.43. The van der Waals surface area contributed by atoms with Gasteiger partial charge in [0.25, 0.3) is 0 Å². The number of para-hydroxylation sites is 1. The molecule has 2 rings (SSSR count). The fourth-order valence-corrected chi connectivity index (χ4v) is 1.77. The molecule has 0 radical (unpaired) electrons. The van der Waals surface area contributed by atoms with Crippen molar-refractivity contribution in [1.82, 2.24) is 0 Å². The van der Waals surface area contributed by atoms with E-state index in [1.165, 1.54) is 0 Å². The molecule has 0 saturated heterocycles. The fourth-order valence-electron chi connectivity index (χ4n) is 1.69. The number of carbonyl (C=O) groups excluding carboxylic acids is 1. The molecule has 2 aromatic rings. The van der Waals surface area contributed by atoms with Crippen LogP contribution in [-0.2, 0) is 15.0 Å². The minimum Gasteiger partial charge on any atom is -0.870 e. The Balaban J connectivity index is 0.00000200. The maximum Gasteiger partial charge on any atom is -0.870 e. The molecule has 0 unspecified atom stereocenters. The van der Waals surface area contributed by atoms with Crippen LogP contribution in [0.5, 0.6) is 11.5 Å². The molecule has 0 aromatic heterocycles. The molecule has 0 atom stereocenters. The van der Waals surface area contributed by atoms with Crippen LogP contribution in [0.4, 0.5) is 0 Å². The quantitative estimate of drug-likeness (QED) is 0.809. The van der Waals surface area contributed by atoms with Crippen LogP contribution < -0.4 is 4.74 Å². The van der Waals surface area contributed by atoms with Crippen molar-refractivity contribution in [2.24, 2.45) is 0 Å². The Morgan fingerprint density at radius 1 is 1.10 bits per heavy atom. The first-order valence-corrected chi connectivity index (χ1v) is 6.38. The monoisotopic (exact) mass is 302 g/mol. The molecule has 5 nitrogen and oxygen atoms in total. The normalized spacial score (nSPS) is 9.10. The molecule has 108 valence electrons. The topological polar surface area (TPSA) is 95.5 Å². The molecule has 0 heterocycles. The molecule has 0 aliphatic heterocycles. The second-order valence-electron chi connectivity index (χ2n) is 4.18. The summed E-state index contributed by atoms with van der Waals surface area (Å²) in [4.78, 5) is 11.3. The Labute approximate surface area is 131 Å². The number of rotatable bonds is 4. The van der Waals surface area contributed by atoms with E-state index in [0.717, 1.165) is 22.6 Å². The SMILES string of the molecule is Cc1ccc(CC(=O)[O][Al+2])cc1Oc1ccccc1.[OH-].[OH-]. The fraction of sp³-hybridized carbons (Fsp3) is 0.133. The van der Waals surface area contributed by atoms with Gasteiger partial charge in [-0.1, -0.05) is 0 Å². The van der Waals surface area contributed by atoms with Gasteiger partial charge in [-0.2, -0.15) is 0 Å². The van der Waals surface area contributed by atoms with Crippen LogP contribution in [0.3, 0.4) is 0 Å². The maximum atomic E-state index is 11.3. The third-order valence-electron chi connectivity index (χ3n) is 2.70. The number of aryl methyl sites for hydroxylation is 1. The third kappa shape index (κ3) is 5.58. The summed E-state index contributed by atoms with van der Waals surface area (Å²) in [5.41, 5.74) is 1.89. The van der Waals surface area contributed by atoms with Crippen molar-refractivity contribution in [2.75, 3.05) is 0 Å². The van der Waals surface area contributed by atoms with E-state index in [2.05, 4.69) is 3.79 Å². The van der Waals surface area contributed by atoms with E-state index in [4.69, 9.17) is 4.74 Å². The van der Waals surface area contributed by atoms with Crippen LogP contribution in [0.25, 0.3) is 0 Å². The molecular weight excluding hydrogens is 287 g/mol. The number of benzene rings is 2. The third-order valence-corrected chi connectivity index (χ3v) is 2.97. The minimum absolute atomic E-state index is 0. The summed E-state index contributed by atoms with van der Waals surface area (Å²) >= 11 is 1.96. The summed E-state index contributed by atoms with van der Waals surface area (Å²) in [7, 11) is 0. The van der Waals surface area contributed by atoms with Crippen LogP contribution in [0, 0.1) is 6.92 Å². The Hall–Kier alpha value is -1.84. The van der Waals surface area contributed by atoms with Crippen molar-refractivity contribution < 1.29 is 24.3 Å². The van der Waals surface area contributed by atoms with Crippen LogP contribution in [0.15, 0.2) is 48.5 Å². The summed E-state index contributed by atoms with van der Waals surface area (Å²) in [6.45, 7) is 1.97. The molecule has 0 fully saturated rings.